The number of carbonyl (C=O) groups is 1. The summed E-state index contributed by atoms with van der Waals surface area (Å²) < 4.78 is 4.95. The van der Waals surface area contributed by atoms with Gasteiger partial charge in [-0.3, -0.25) is 4.79 Å². The summed E-state index contributed by atoms with van der Waals surface area (Å²) in [5.74, 6) is 1.11. The van der Waals surface area contributed by atoms with Crippen molar-refractivity contribution in [1.82, 2.24) is 20.4 Å². The standard InChI is InChI=1S/C15H19N5O2/c1-11-13(14(21)16-9-12-5-6-18-22-12)10-17-15(19-11)20-7-3-2-4-8-20/h5-6,10H,2-4,7-9H2,1H3,(H,16,21). The number of hydrogen-bond donors (Lipinski definition) is 1. The maximum Gasteiger partial charge on any atom is 0.255 e. The second-order valence-corrected chi connectivity index (χ2v) is 5.38. The average Bonchev–Trinajstić information content (AvgIpc) is 3.07. The first-order valence-electron chi connectivity index (χ1n) is 7.50. The fourth-order valence-corrected chi connectivity index (χ4v) is 2.52. The van der Waals surface area contributed by atoms with Crippen LogP contribution in [0.4, 0.5) is 5.95 Å². The first-order chi connectivity index (χ1) is 10.7. The van der Waals surface area contributed by atoms with E-state index >= 15 is 0 Å². The third kappa shape index (κ3) is 3.24. The highest BCUT2D eigenvalue weighted by molar-refractivity contribution is 5.94. The molecule has 116 valence electrons. The summed E-state index contributed by atoms with van der Waals surface area (Å²) in [6.07, 6.45) is 6.74. The number of aromatic nitrogens is 3. The van der Waals surface area contributed by atoms with Gasteiger partial charge in [-0.15, -0.1) is 0 Å². The van der Waals surface area contributed by atoms with Crippen molar-refractivity contribution in [3.05, 3.63) is 35.5 Å². The highest BCUT2D eigenvalue weighted by atomic mass is 16.5. The van der Waals surface area contributed by atoms with Gasteiger partial charge in [-0.25, -0.2) is 9.97 Å². The third-order valence-corrected chi connectivity index (χ3v) is 3.76. The van der Waals surface area contributed by atoms with E-state index in [1.807, 2.05) is 6.92 Å². The number of amides is 1. The van der Waals surface area contributed by atoms with Crippen LogP contribution in [0.15, 0.2) is 23.0 Å². The Morgan fingerprint density at radius 1 is 1.36 bits per heavy atom. The lowest BCUT2D eigenvalue weighted by atomic mass is 10.1. The fraction of sp³-hybridized carbons (Fsp3) is 0.467. The maximum atomic E-state index is 12.2. The first kappa shape index (κ1) is 14.5. The number of hydrogen-bond acceptors (Lipinski definition) is 6. The van der Waals surface area contributed by atoms with Crippen LogP contribution in [0.25, 0.3) is 0 Å². The molecule has 0 aliphatic carbocycles. The smallest absolute Gasteiger partial charge is 0.255 e. The van der Waals surface area contributed by atoms with Gasteiger partial charge < -0.3 is 14.7 Å². The predicted molar refractivity (Wildman–Crippen MR) is 80.5 cm³/mol. The molecular weight excluding hydrogens is 282 g/mol. The lowest BCUT2D eigenvalue weighted by molar-refractivity contribution is 0.0945. The van der Waals surface area contributed by atoms with Crippen LogP contribution in [0.2, 0.25) is 0 Å². The molecule has 2 aromatic rings. The monoisotopic (exact) mass is 301 g/mol. The van der Waals surface area contributed by atoms with E-state index in [1.165, 1.54) is 19.3 Å². The molecule has 7 nitrogen and oxygen atoms in total. The number of nitrogens with zero attached hydrogens (tertiary/aromatic N) is 4. The van der Waals surface area contributed by atoms with Crippen molar-refractivity contribution in [3.8, 4) is 0 Å². The molecule has 7 heteroatoms. The van der Waals surface area contributed by atoms with Crippen molar-refractivity contribution in [3.63, 3.8) is 0 Å². The summed E-state index contributed by atoms with van der Waals surface area (Å²) in [6.45, 7) is 4.09. The van der Waals surface area contributed by atoms with Crippen LogP contribution >= 0.6 is 0 Å². The van der Waals surface area contributed by atoms with E-state index in [4.69, 9.17) is 4.52 Å². The largest absolute Gasteiger partial charge is 0.360 e. The molecule has 1 N–H and O–H groups in total. The van der Waals surface area contributed by atoms with E-state index in [0.717, 1.165) is 13.1 Å². The Balaban J connectivity index is 1.67. The molecule has 0 unspecified atom stereocenters. The molecule has 1 aliphatic heterocycles. The van der Waals surface area contributed by atoms with Crippen molar-refractivity contribution in [2.75, 3.05) is 18.0 Å². The van der Waals surface area contributed by atoms with E-state index in [-0.39, 0.29) is 5.91 Å². The van der Waals surface area contributed by atoms with Crippen molar-refractivity contribution in [2.24, 2.45) is 0 Å². The van der Waals surface area contributed by atoms with Gasteiger partial charge in [-0.05, 0) is 26.2 Å². The summed E-state index contributed by atoms with van der Waals surface area (Å²) >= 11 is 0. The van der Waals surface area contributed by atoms with Crippen LogP contribution in [-0.4, -0.2) is 34.1 Å². The Bertz CT molecular complexity index is 635. The van der Waals surface area contributed by atoms with Gasteiger partial charge in [0.1, 0.15) is 0 Å². The number of nitrogens with one attached hydrogen (secondary N) is 1. The molecule has 1 saturated heterocycles. The van der Waals surface area contributed by atoms with Crippen molar-refractivity contribution in [1.29, 1.82) is 0 Å². The number of aryl methyl sites for hydroxylation is 1. The predicted octanol–water partition coefficient (Wildman–Crippen LogP) is 1.69. The molecular formula is C15H19N5O2. The molecule has 1 aliphatic rings. The molecule has 2 aromatic heterocycles. The molecule has 0 atom stereocenters. The molecule has 1 fully saturated rings. The van der Waals surface area contributed by atoms with Gasteiger partial charge in [-0.1, -0.05) is 5.16 Å². The molecule has 1 amide bonds. The number of carbonyl (C=O) groups excluding carboxylic acids is 1. The summed E-state index contributed by atoms with van der Waals surface area (Å²) in [7, 11) is 0. The van der Waals surface area contributed by atoms with E-state index in [0.29, 0.717) is 29.5 Å². The fourth-order valence-electron chi connectivity index (χ4n) is 2.52. The molecule has 3 rings (SSSR count). The second-order valence-electron chi connectivity index (χ2n) is 5.38. The lowest BCUT2D eigenvalue weighted by Gasteiger charge is -2.26. The Morgan fingerprint density at radius 3 is 2.86 bits per heavy atom. The van der Waals surface area contributed by atoms with Crippen LogP contribution in [-0.2, 0) is 6.54 Å². The number of piperidine rings is 1. The highest BCUT2D eigenvalue weighted by Gasteiger charge is 2.17. The van der Waals surface area contributed by atoms with Gasteiger partial charge in [0.05, 0.1) is 24.0 Å². The van der Waals surface area contributed by atoms with Gasteiger partial charge in [-0.2, -0.15) is 0 Å². The number of anilines is 1. The SMILES string of the molecule is Cc1nc(N2CCCCC2)ncc1C(=O)NCc1ccno1. The molecule has 0 saturated carbocycles. The van der Waals surface area contributed by atoms with Crippen molar-refractivity contribution < 1.29 is 9.32 Å². The molecule has 0 bridgehead atoms. The normalized spacial score (nSPS) is 14.9. The zero-order chi connectivity index (χ0) is 15.4. The molecule has 22 heavy (non-hydrogen) atoms. The van der Waals surface area contributed by atoms with Gasteiger partial charge in [0.2, 0.25) is 5.95 Å². The van der Waals surface area contributed by atoms with Crippen LogP contribution in [0.5, 0.6) is 0 Å². The Morgan fingerprint density at radius 2 is 2.18 bits per heavy atom. The average molecular weight is 301 g/mol. The van der Waals surface area contributed by atoms with Crippen LogP contribution in [0.1, 0.15) is 41.1 Å². The second kappa shape index (κ2) is 6.55. The van der Waals surface area contributed by atoms with Gasteiger partial charge >= 0.3 is 0 Å². The summed E-state index contributed by atoms with van der Waals surface area (Å²) in [6, 6.07) is 1.71. The van der Waals surface area contributed by atoms with Gasteiger partial charge in [0.25, 0.3) is 5.91 Å². The maximum absolute atomic E-state index is 12.2. The molecule has 0 spiro atoms. The van der Waals surface area contributed by atoms with E-state index < -0.39 is 0 Å². The van der Waals surface area contributed by atoms with Crippen LogP contribution in [0.3, 0.4) is 0 Å². The van der Waals surface area contributed by atoms with Crippen molar-refractivity contribution >= 4 is 11.9 Å². The minimum atomic E-state index is -0.209. The minimum Gasteiger partial charge on any atom is -0.360 e. The van der Waals surface area contributed by atoms with Crippen LogP contribution in [0, 0.1) is 6.92 Å². The molecule has 0 aromatic carbocycles. The zero-order valence-electron chi connectivity index (χ0n) is 12.6. The van der Waals surface area contributed by atoms with E-state index in [1.54, 1.807) is 18.5 Å². The van der Waals surface area contributed by atoms with Gasteiger partial charge in [0, 0.05) is 25.4 Å². The summed E-state index contributed by atoms with van der Waals surface area (Å²) in [5.41, 5.74) is 1.17. The third-order valence-electron chi connectivity index (χ3n) is 3.76. The Kier molecular flexibility index (Phi) is 4.32. The Labute approximate surface area is 128 Å². The molecule has 0 radical (unpaired) electrons. The highest BCUT2D eigenvalue weighted by Crippen LogP contribution is 2.16. The first-order valence-corrected chi connectivity index (χ1v) is 7.50. The zero-order valence-corrected chi connectivity index (χ0v) is 12.6. The number of rotatable bonds is 4. The lowest BCUT2D eigenvalue weighted by Crippen LogP contribution is -2.31. The van der Waals surface area contributed by atoms with Crippen LogP contribution < -0.4 is 10.2 Å². The van der Waals surface area contributed by atoms with Gasteiger partial charge in [0.15, 0.2) is 5.76 Å². The van der Waals surface area contributed by atoms with Crippen molar-refractivity contribution in [2.45, 2.75) is 32.7 Å². The quantitative estimate of drug-likeness (QED) is 0.925. The van der Waals surface area contributed by atoms with E-state index in [9.17, 15) is 4.79 Å². The molecule has 3 heterocycles. The van der Waals surface area contributed by atoms with E-state index in [2.05, 4.69) is 25.3 Å². The topological polar surface area (TPSA) is 84.2 Å². The summed E-state index contributed by atoms with van der Waals surface area (Å²) in [4.78, 5) is 23.2. The minimum absolute atomic E-state index is 0.209. The summed E-state index contributed by atoms with van der Waals surface area (Å²) in [5, 5.41) is 6.37. The Hall–Kier alpha value is -2.44.